The minimum atomic E-state index is -0.521. The Morgan fingerprint density at radius 3 is 2.71 bits per heavy atom. The van der Waals surface area contributed by atoms with E-state index >= 15 is 0 Å². The summed E-state index contributed by atoms with van der Waals surface area (Å²) in [6, 6.07) is 2.93. The lowest BCUT2D eigenvalue weighted by atomic mass is 10.1. The van der Waals surface area contributed by atoms with Crippen LogP contribution < -0.4 is 5.73 Å². The van der Waals surface area contributed by atoms with Gasteiger partial charge in [-0.05, 0) is 25.1 Å². The molecule has 1 unspecified atom stereocenters. The Hall–Kier alpha value is -1.49. The second-order valence-corrected chi connectivity index (χ2v) is 4.17. The fourth-order valence-corrected chi connectivity index (χ4v) is 1.44. The van der Waals surface area contributed by atoms with E-state index in [0.29, 0.717) is 0 Å². The van der Waals surface area contributed by atoms with Crippen molar-refractivity contribution < 1.29 is 13.6 Å². The number of rotatable bonds is 4. The zero-order valence-electron chi connectivity index (χ0n) is 9.91. The Morgan fingerprint density at radius 2 is 2.12 bits per heavy atom. The molecule has 0 aliphatic carbocycles. The van der Waals surface area contributed by atoms with Crippen LogP contribution in [0.25, 0.3) is 0 Å². The molecule has 5 heteroatoms. The summed E-state index contributed by atoms with van der Waals surface area (Å²) in [6.45, 7) is 1.75. The Morgan fingerprint density at radius 1 is 1.47 bits per heavy atom. The highest BCUT2D eigenvalue weighted by Crippen LogP contribution is 2.12. The first-order valence-corrected chi connectivity index (χ1v) is 5.33. The van der Waals surface area contributed by atoms with Crippen molar-refractivity contribution in [1.82, 2.24) is 4.90 Å². The van der Waals surface area contributed by atoms with Crippen LogP contribution in [-0.4, -0.2) is 23.9 Å². The molecule has 1 amide bonds. The Balaban J connectivity index is 2.70. The standard InChI is InChI=1S/C12H16F2N2O/c1-8(15)5-12(17)16(2)7-9-6-10(13)3-4-11(9)14/h3-4,6,8H,5,7,15H2,1-2H3. The van der Waals surface area contributed by atoms with Crippen molar-refractivity contribution in [3.8, 4) is 0 Å². The van der Waals surface area contributed by atoms with Gasteiger partial charge in [-0.1, -0.05) is 0 Å². The van der Waals surface area contributed by atoms with Crippen LogP contribution in [-0.2, 0) is 11.3 Å². The zero-order valence-corrected chi connectivity index (χ0v) is 9.91. The van der Waals surface area contributed by atoms with Gasteiger partial charge >= 0.3 is 0 Å². The van der Waals surface area contributed by atoms with Crippen LogP contribution in [0.2, 0.25) is 0 Å². The first-order chi connectivity index (χ1) is 7.90. The highest BCUT2D eigenvalue weighted by Gasteiger charge is 2.13. The molecular formula is C12H16F2N2O. The van der Waals surface area contributed by atoms with E-state index in [-0.39, 0.29) is 30.5 Å². The predicted octanol–water partition coefficient (Wildman–Crippen LogP) is 1.66. The maximum absolute atomic E-state index is 13.3. The van der Waals surface area contributed by atoms with Gasteiger partial charge in [0.2, 0.25) is 5.91 Å². The third kappa shape index (κ3) is 4.11. The van der Waals surface area contributed by atoms with Gasteiger partial charge < -0.3 is 10.6 Å². The number of nitrogens with two attached hydrogens (primary N) is 1. The van der Waals surface area contributed by atoms with Crippen LogP contribution in [0, 0.1) is 11.6 Å². The number of hydrogen-bond donors (Lipinski definition) is 1. The van der Waals surface area contributed by atoms with Crippen LogP contribution in [0.1, 0.15) is 18.9 Å². The normalized spacial score (nSPS) is 12.3. The third-order valence-corrected chi connectivity index (χ3v) is 2.34. The van der Waals surface area contributed by atoms with E-state index in [1.807, 2.05) is 0 Å². The molecule has 2 N–H and O–H groups in total. The number of halogens is 2. The monoisotopic (exact) mass is 242 g/mol. The van der Waals surface area contributed by atoms with Crippen molar-refractivity contribution in [3.63, 3.8) is 0 Å². The highest BCUT2D eigenvalue weighted by molar-refractivity contribution is 5.76. The average molecular weight is 242 g/mol. The molecule has 1 atom stereocenters. The molecule has 94 valence electrons. The summed E-state index contributed by atoms with van der Waals surface area (Å²) in [6.07, 6.45) is 0.188. The lowest BCUT2D eigenvalue weighted by molar-refractivity contribution is -0.130. The van der Waals surface area contributed by atoms with Gasteiger partial charge in [-0.3, -0.25) is 4.79 Å². The van der Waals surface area contributed by atoms with Gasteiger partial charge in [0, 0.05) is 31.6 Å². The van der Waals surface area contributed by atoms with Crippen molar-refractivity contribution in [3.05, 3.63) is 35.4 Å². The third-order valence-electron chi connectivity index (χ3n) is 2.34. The molecular weight excluding hydrogens is 226 g/mol. The van der Waals surface area contributed by atoms with Crippen LogP contribution in [0.3, 0.4) is 0 Å². The lowest BCUT2D eigenvalue weighted by Crippen LogP contribution is -2.31. The molecule has 0 saturated carbocycles. The number of carbonyl (C=O) groups excluding carboxylic acids is 1. The van der Waals surface area contributed by atoms with E-state index < -0.39 is 11.6 Å². The van der Waals surface area contributed by atoms with Gasteiger partial charge in [-0.2, -0.15) is 0 Å². The summed E-state index contributed by atoms with van der Waals surface area (Å²) in [5, 5.41) is 0. The molecule has 1 aromatic rings. The molecule has 0 bridgehead atoms. The molecule has 0 aliphatic heterocycles. The molecule has 0 saturated heterocycles. The average Bonchev–Trinajstić information content (AvgIpc) is 2.22. The largest absolute Gasteiger partial charge is 0.341 e. The first-order valence-electron chi connectivity index (χ1n) is 5.33. The van der Waals surface area contributed by atoms with Crippen LogP contribution in [0.4, 0.5) is 8.78 Å². The molecule has 0 heterocycles. The van der Waals surface area contributed by atoms with Gasteiger partial charge in [0.1, 0.15) is 11.6 Å². The quantitative estimate of drug-likeness (QED) is 0.872. The zero-order chi connectivity index (χ0) is 13.0. The van der Waals surface area contributed by atoms with Crippen molar-refractivity contribution in [1.29, 1.82) is 0 Å². The summed E-state index contributed by atoms with van der Waals surface area (Å²) in [4.78, 5) is 12.9. The molecule has 1 aromatic carbocycles. The second kappa shape index (κ2) is 5.72. The number of hydrogen-bond acceptors (Lipinski definition) is 2. The summed E-state index contributed by atoms with van der Waals surface area (Å²) in [5.41, 5.74) is 5.65. The van der Waals surface area contributed by atoms with Crippen molar-refractivity contribution in [2.45, 2.75) is 25.9 Å². The van der Waals surface area contributed by atoms with Gasteiger partial charge in [0.25, 0.3) is 0 Å². The summed E-state index contributed by atoms with van der Waals surface area (Å²) in [5.74, 6) is -1.23. The van der Waals surface area contributed by atoms with Gasteiger partial charge in [0.05, 0.1) is 0 Å². The molecule has 0 radical (unpaired) electrons. The Kier molecular flexibility index (Phi) is 4.57. The minimum Gasteiger partial charge on any atom is -0.341 e. The van der Waals surface area contributed by atoms with E-state index in [2.05, 4.69) is 0 Å². The number of amides is 1. The van der Waals surface area contributed by atoms with E-state index in [9.17, 15) is 13.6 Å². The maximum Gasteiger partial charge on any atom is 0.224 e. The highest BCUT2D eigenvalue weighted by atomic mass is 19.1. The maximum atomic E-state index is 13.3. The smallest absolute Gasteiger partial charge is 0.224 e. The number of carbonyl (C=O) groups is 1. The Labute approximate surface area is 99.2 Å². The SMILES string of the molecule is CC(N)CC(=O)N(C)Cc1cc(F)ccc1F. The molecule has 3 nitrogen and oxygen atoms in total. The topological polar surface area (TPSA) is 46.3 Å². The van der Waals surface area contributed by atoms with E-state index in [4.69, 9.17) is 5.73 Å². The molecule has 17 heavy (non-hydrogen) atoms. The van der Waals surface area contributed by atoms with E-state index in [0.717, 1.165) is 18.2 Å². The second-order valence-electron chi connectivity index (χ2n) is 4.17. The molecule has 0 fully saturated rings. The lowest BCUT2D eigenvalue weighted by Gasteiger charge is -2.18. The fraction of sp³-hybridized carbons (Fsp3) is 0.417. The van der Waals surface area contributed by atoms with Crippen molar-refractivity contribution in [2.75, 3.05) is 7.05 Å². The predicted molar refractivity (Wildman–Crippen MR) is 61.1 cm³/mol. The van der Waals surface area contributed by atoms with Crippen LogP contribution >= 0.6 is 0 Å². The molecule has 0 aliphatic rings. The number of benzene rings is 1. The van der Waals surface area contributed by atoms with Crippen LogP contribution in [0.5, 0.6) is 0 Å². The number of nitrogens with zero attached hydrogens (tertiary/aromatic N) is 1. The van der Waals surface area contributed by atoms with Crippen LogP contribution in [0.15, 0.2) is 18.2 Å². The fourth-order valence-electron chi connectivity index (χ4n) is 1.44. The van der Waals surface area contributed by atoms with Crippen molar-refractivity contribution in [2.24, 2.45) is 5.73 Å². The molecule has 1 rings (SSSR count). The van der Waals surface area contributed by atoms with E-state index in [1.54, 1.807) is 6.92 Å². The minimum absolute atomic E-state index is 0.0369. The van der Waals surface area contributed by atoms with E-state index in [1.165, 1.54) is 11.9 Å². The summed E-state index contributed by atoms with van der Waals surface area (Å²) in [7, 11) is 1.54. The van der Waals surface area contributed by atoms with Gasteiger partial charge in [-0.15, -0.1) is 0 Å². The first kappa shape index (κ1) is 13.6. The van der Waals surface area contributed by atoms with Crippen molar-refractivity contribution >= 4 is 5.91 Å². The summed E-state index contributed by atoms with van der Waals surface area (Å²) < 4.78 is 26.2. The molecule has 0 spiro atoms. The molecule has 0 aromatic heterocycles. The van der Waals surface area contributed by atoms with Gasteiger partial charge in [0.15, 0.2) is 0 Å². The Bertz CT molecular complexity index is 407. The summed E-state index contributed by atoms with van der Waals surface area (Å²) >= 11 is 0. The van der Waals surface area contributed by atoms with Gasteiger partial charge in [-0.25, -0.2) is 8.78 Å².